The van der Waals surface area contributed by atoms with Gasteiger partial charge >= 0.3 is 11.6 Å². The van der Waals surface area contributed by atoms with Gasteiger partial charge in [-0.25, -0.2) is 4.98 Å². The number of benzene rings is 2. The van der Waals surface area contributed by atoms with E-state index in [1.54, 1.807) is 12.1 Å². The van der Waals surface area contributed by atoms with E-state index in [9.17, 15) is 19.7 Å². The van der Waals surface area contributed by atoms with E-state index in [1.165, 1.54) is 0 Å². The highest BCUT2D eigenvalue weighted by Crippen LogP contribution is 2.30. The van der Waals surface area contributed by atoms with Crippen LogP contribution in [0, 0.1) is 30.9 Å². The minimum Gasteiger partial charge on any atom is -0.436 e. The van der Waals surface area contributed by atoms with E-state index in [-0.39, 0.29) is 12.1 Å². The fourth-order valence-electron chi connectivity index (χ4n) is 3.26. The fraction of sp³-hybridized carbons (Fsp3) is 0.190. The van der Waals surface area contributed by atoms with Gasteiger partial charge in [-0.3, -0.25) is 25.0 Å². The van der Waals surface area contributed by atoms with E-state index >= 15 is 0 Å². The molecule has 2 aromatic carbocycles. The number of carbonyl (C=O) groups excluding carboxylic acids is 2. The zero-order valence-corrected chi connectivity index (χ0v) is 16.5. The summed E-state index contributed by atoms with van der Waals surface area (Å²) in [5, 5.41) is 16.2. The zero-order valence-electron chi connectivity index (χ0n) is 16.5. The van der Waals surface area contributed by atoms with Gasteiger partial charge in [-0.05, 0) is 61.7 Å². The number of imide groups is 1. The Balaban J connectivity index is 1.75. The van der Waals surface area contributed by atoms with E-state index in [1.807, 2.05) is 44.3 Å². The Kier molecular flexibility index (Phi) is 4.57. The van der Waals surface area contributed by atoms with Crippen LogP contribution in [-0.2, 0) is 9.59 Å². The third-order valence-corrected chi connectivity index (χ3v) is 5.05. The number of hydrogen-bond acceptors (Lipinski definition) is 7. The Morgan fingerprint density at radius 1 is 1.10 bits per heavy atom. The number of nitro groups is 1. The van der Waals surface area contributed by atoms with Gasteiger partial charge in [0.05, 0.1) is 11.3 Å². The first-order valence-corrected chi connectivity index (χ1v) is 9.20. The van der Waals surface area contributed by atoms with Crippen molar-refractivity contribution < 1.29 is 18.9 Å². The molecule has 9 heteroatoms. The van der Waals surface area contributed by atoms with Crippen LogP contribution in [0.1, 0.15) is 23.1 Å². The molecule has 2 amide bonds. The van der Waals surface area contributed by atoms with Crippen molar-refractivity contribution >= 4 is 28.6 Å². The maximum atomic E-state index is 11.9. The summed E-state index contributed by atoms with van der Waals surface area (Å²) in [5.74, 6) is -1.23. The van der Waals surface area contributed by atoms with Crippen molar-refractivity contribution in [3.05, 3.63) is 68.5 Å². The molecular formula is C21H18N4O5. The first-order valence-electron chi connectivity index (χ1n) is 9.20. The van der Waals surface area contributed by atoms with Crippen LogP contribution in [0.5, 0.6) is 0 Å². The van der Waals surface area contributed by atoms with Crippen LogP contribution in [0.25, 0.3) is 22.6 Å². The average Bonchev–Trinajstić information content (AvgIpc) is 3.05. The number of hydrogen-bond donors (Lipinski definition) is 2. The second-order valence-corrected chi connectivity index (χ2v) is 7.22. The first-order chi connectivity index (χ1) is 14.2. The average molecular weight is 406 g/mol. The van der Waals surface area contributed by atoms with Gasteiger partial charge in [0, 0.05) is 11.3 Å². The van der Waals surface area contributed by atoms with Gasteiger partial charge in [-0.15, -0.1) is 0 Å². The van der Waals surface area contributed by atoms with E-state index in [4.69, 9.17) is 4.42 Å². The third kappa shape index (κ3) is 3.41. The minimum atomic E-state index is -1.03. The van der Waals surface area contributed by atoms with Crippen LogP contribution < -0.4 is 10.6 Å². The van der Waals surface area contributed by atoms with Crippen LogP contribution in [0.4, 0.5) is 5.69 Å². The van der Waals surface area contributed by atoms with Gasteiger partial charge < -0.3 is 9.73 Å². The lowest BCUT2D eigenvalue weighted by Gasteiger charge is -2.17. The van der Waals surface area contributed by atoms with Gasteiger partial charge in [0.25, 0.3) is 0 Å². The van der Waals surface area contributed by atoms with E-state index in [0.29, 0.717) is 22.7 Å². The standard InChI is InChI=1S/C21H18N4O5/c1-10-4-5-13(21-23-15-6-11(2)12(3)7-17(15)30-21)8-14(10)22-16-9-18(26)24-20(27)19(16)25(28)29/h4-8,22H,9H2,1-3H3,(H,24,26,27). The van der Waals surface area contributed by atoms with Gasteiger partial charge in [-0.1, -0.05) is 6.07 Å². The predicted octanol–water partition coefficient (Wildman–Crippen LogP) is 3.37. The minimum absolute atomic E-state index is 0.0576. The summed E-state index contributed by atoms with van der Waals surface area (Å²) >= 11 is 0. The number of aromatic nitrogens is 1. The molecule has 0 aliphatic carbocycles. The summed E-state index contributed by atoms with van der Waals surface area (Å²) in [4.78, 5) is 38.6. The highest BCUT2D eigenvalue weighted by Gasteiger charge is 2.35. The molecule has 2 N–H and O–H groups in total. The normalized spacial score (nSPS) is 14.2. The lowest BCUT2D eigenvalue weighted by Crippen LogP contribution is -2.40. The van der Waals surface area contributed by atoms with Crippen molar-refractivity contribution in [3.63, 3.8) is 0 Å². The van der Waals surface area contributed by atoms with Crippen LogP contribution in [-0.4, -0.2) is 21.7 Å². The molecule has 9 nitrogen and oxygen atoms in total. The summed E-state index contributed by atoms with van der Waals surface area (Å²) in [7, 11) is 0. The Morgan fingerprint density at radius 3 is 2.57 bits per heavy atom. The Bertz CT molecular complexity index is 1230. The molecule has 1 aliphatic heterocycles. The molecule has 1 aromatic heterocycles. The molecule has 3 aromatic rings. The summed E-state index contributed by atoms with van der Waals surface area (Å²) in [6, 6.07) is 9.23. The van der Waals surface area contributed by atoms with Crippen molar-refractivity contribution in [2.75, 3.05) is 5.32 Å². The third-order valence-electron chi connectivity index (χ3n) is 5.05. The van der Waals surface area contributed by atoms with Crippen LogP contribution >= 0.6 is 0 Å². The van der Waals surface area contributed by atoms with Crippen LogP contribution in [0.15, 0.2) is 46.1 Å². The lowest BCUT2D eigenvalue weighted by molar-refractivity contribution is -0.420. The molecule has 2 heterocycles. The van der Waals surface area contributed by atoms with Crippen molar-refractivity contribution in [1.29, 1.82) is 0 Å². The maximum absolute atomic E-state index is 11.9. The molecule has 0 radical (unpaired) electrons. The molecule has 0 unspecified atom stereocenters. The van der Waals surface area contributed by atoms with Crippen LogP contribution in [0.2, 0.25) is 0 Å². The number of rotatable bonds is 4. The quantitative estimate of drug-likeness (QED) is 0.386. The second kappa shape index (κ2) is 7.11. The largest absolute Gasteiger partial charge is 0.436 e. The molecule has 0 fully saturated rings. The molecular weight excluding hydrogens is 388 g/mol. The Hall–Kier alpha value is -4.01. The summed E-state index contributed by atoms with van der Waals surface area (Å²) < 4.78 is 5.89. The van der Waals surface area contributed by atoms with Crippen molar-refractivity contribution in [2.24, 2.45) is 0 Å². The van der Waals surface area contributed by atoms with Crippen LogP contribution in [0.3, 0.4) is 0 Å². The number of nitrogens with one attached hydrogen (secondary N) is 2. The maximum Gasteiger partial charge on any atom is 0.353 e. The SMILES string of the molecule is Cc1cc2nc(-c3ccc(C)c(NC4=C([N+](=O)[O-])C(=O)NC(=O)C4)c3)oc2cc1C. The molecule has 4 rings (SSSR count). The van der Waals surface area contributed by atoms with Crippen molar-refractivity contribution in [2.45, 2.75) is 27.2 Å². The lowest BCUT2D eigenvalue weighted by atomic mass is 10.1. The first kappa shape index (κ1) is 19.3. The highest BCUT2D eigenvalue weighted by atomic mass is 16.6. The molecule has 0 spiro atoms. The van der Waals surface area contributed by atoms with Gasteiger partial charge in [-0.2, -0.15) is 0 Å². The number of aryl methyl sites for hydroxylation is 3. The van der Waals surface area contributed by atoms with E-state index < -0.39 is 22.4 Å². The predicted molar refractivity (Wildman–Crippen MR) is 109 cm³/mol. The summed E-state index contributed by atoms with van der Waals surface area (Å²) in [6.07, 6.45) is -0.298. The number of nitrogens with zero attached hydrogens (tertiary/aromatic N) is 2. The van der Waals surface area contributed by atoms with Gasteiger partial charge in [0.1, 0.15) is 11.2 Å². The molecule has 0 saturated heterocycles. The smallest absolute Gasteiger partial charge is 0.353 e. The van der Waals surface area contributed by atoms with Gasteiger partial charge in [0.2, 0.25) is 11.8 Å². The number of oxazole rings is 1. The highest BCUT2D eigenvalue weighted by molar-refractivity contribution is 6.07. The fourth-order valence-corrected chi connectivity index (χ4v) is 3.26. The van der Waals surface area contributed by atoms with Crippen molar-refractivity contribution in [1.82, 2.24) is 10.3 Å². The summed E-state index contributed by atoms with van der Waals surface area (Å²) in [5.41, 5.74) is 4.81. The molecule has 0 bridgehead atoms. The topological polar surface area (TPSA) is 127 Å². The Labute approximate surface area is 170 Å². The summed E-state index contributed by atoms with van der Waals surface area (Å²) in [6.45, 7) is 5.80. The monoisotopic (exact) mass is 406 g/mol. The Morgan fingerprint density at radius 2 is 1.83 bits per heavy atom. The number of carbonyl (C=O) groups is 2. The van der Waals surface area contributed by atoms with E-state index in [2.05, 4.69) is 10.3 Å². The zero-order chi connectivity index (χ0) is 21.6. The number of anilines is 1. The molecule has 0 saturated carbocycles. The van der Waals surface area contributed by atoms with Gasteiger partial charge in [0.15, 0.2) is 5.58 Å². The molecule has 0 atom stereocenters. The molecule has 152 valence electrons. The molecule has 1 aliphatic rings. The van der Waals surface area contributed by atoms with E-state index in [0.717, 1.165) is 22.2 Å². The number of fused-ring (bicyclic) bond motifs is 1. The number of amides is 2. The second-order valence-electron chi connectivity index (χ2n) is 7.22. The molecule has 30 heavy (non-hydrogen) atoms. The van der Waals surface area contributed by atoms with Crippen molar-refractivity contribution in [3.8, 4) is 11.5 Å².